The number of para-hydroxylation sites is 2. The first-order chi connectivity index (χ1) is 17.9. The van der Waals surface area contributed by atoms with Crippen LogP contribution >= 0.6 is 11.3 Å². The summed E-state index contributed by atoms with van der Waals surface area (Å²) in [6, 6.07) is 50.2. The van der Waals surface area contributed by atoms with Gasteiger partial charge in [0, 0.05) is 36.8 Å². The fraction of sp³-hybridized carbons (Fsp3) is 0. The van der Waals surface area contributed by atoms with Gasteiger partial charge in [-0.3, -0.25) is 0 Å². The first-order valence-electron chi connectivity index (χ1n) is 12.2. The molecule has 0 aliphatic carbocycles. The maximum Gasteiger partial charge on any atom is 0.0540 e. The second-order valence-corrected chi connectivity index (χ2v) is 10.0. The second kappa shape index (κ2) is 8.67. The molecule has 0 saturated heterocycles. The molecule has 0 amide bonds. The van der Waals surface area contributed by atoms with E-state index in [9.17, 15) is 0 Å². The molecule has 7 aromatic rings. The molecule has 0 N–H and O–H groups in total. The highest BCUT2D eigenvalue weighted by atomic mass is 32.1. The molecule has 7 rings (SSSR count). The van der Waals surface area contributed by atoms with E-state index in [4.69, 9.17) is 0 Å². The summed E-state index contributed by atoms with van der Waals surface area (Å²) in [5.41, 5.74) is 5.98. The molecule has 0 aliphatic rings. The largest absolute Gasteiger partial charge is 0.309 e. The number of thiophene rings is 1. The molecule has 1 aromatic heterocycles. The Labute approximate surface area is 214 Å². The Hall–Kier alpha value is -4.40. The summed E-state index contributed by atoms with van der Waals surface area (Å²) in [6.45, 7) is 0. The van der Waals surface area contributed by atoms with Crippen LogP contribution in [0.25, 0.3) is 42.1 Å². The predicted molar refractivity (Wildman–Crippen MR) is 157 cm³/mol. The minimum atomic E-state index is 1.14. The molecule has 0 spiro atoms. The number of rotatable bonds is 4. The summed E-state index contributed by atoms with van der Waals surface area (Å²) in [6.07, 6.45) is 0. The molecule has 6 aromatic carbocycles. The van der Waals surface area contributed by atoms with Crippen molar-refractivity contribution in [3.8, 4) is 11.1 Å². The van der Waals surface area contributed by atoms with E-state index in [-0.39, 0.29) is 0 Å². The Morgan fingerprint density at radius 1 is 0.417 bits per heavy atom. The third-order valence-corrected chi connectivity index (χ3v) is 8.00. The average Bonchev–Trinajstić information content (AvgIpc) is 3.33. The first kappa shape index (κ1) is 20.9. The van der Waals surface area contributed by atoms with Gasteiger partial charge >= 0.3 is 0 Å². The molecule has 0 bridgehead atoms. The van der Waals surface area contributed by atoms with Crippen LogP contribution in [-0.2, 0) is 0 Å². The lowest BCUT2D eigenvalue weighted by Gasteiger charge is -2.29. The van der Waals surface area contributed by atoms with Crippen LogP contribution in [0.1, 0.15) is 0 Å². The van der Waals surface area contributed by atoms with Crippen LogP contribution in [0.15, 0.2) is 140 Å². The summed E-state index contributed by atoms with van der Waals surface area (Å²) in [5, 5.41) is 5.12. The normalized spacial score (nSPS) is 11.3. The van der Waals surface area contributed by atoms with Crippen LogP contribution in [-0.4, -0.2) is 0 Å². The number of hydrogen-bond donors (Lipinski definition) is 0. The third-order valence-electron chi connectivity index (χ3n) is 6.86. The Kier molecular flexibility index (Phi) is 5.04. The van der Waals surface area contributed by atoms with Crippen molar-refractivity contribution in [3.05, 3.63) is 140 Å². The fourth-order valence-corrected chi connectivity index (χ4v) is 6.42. The van der Waals surface area contributed by atoms with Gasteiger partial charge < -0.3 is 4.90 Å². The first-order valence-corrected chi connectivity index (χ1v) is 13.0. The van der Waals surface area contributed by atoms with E-state index >= 15 is 0 Å². The Morgan fingerprint density at radius 3 is 1.94 bits per heavy atom. The zero-order valence-electron chi connectivity index (χ0n) is 19.6. The van der Waals surface area contributed by atoms with Crippen molar-refractivity contribution in [2.45, 2.75) is 0 Å². The molecule has 36 heavy (non-hydrogen) atoms. The van der Waals surface area contributed by atoms with E-state index in [0.29, 0.717) is 0 Å². The zero-order valence-corrected chi connectivity index (χ0v) is 20.5. The highest BCUT2D eigenvalue weighted by molar-refractivity contribution is 7.25. The van der Waals surface area contributed by atoms with Crippen LogP contribution in [0.2, 0.25) is 0 Å². The van der Waals surface area contributed by atoms with Crippen molar-refractivity contribution in [1.29, 1.82) is 0 Å². The van der Waals surface area contributed by atoms with E-state index in [0.717, 1.165) is 5.69 Å². The quantitative estimate of drug-likeness (QED) is 0.244. The van der Waals surface area contributed by atoms with Gasteiger partial charge in [-0.2, -0.15) is 0 Å². The average molecular weight is 478 g/mol. The van der Waals surface area contributed by atoms with Gasteiger partial charge in [0.05, 0.1) is 11.4 Å². The van der Waals surface area contributed by atoms with Crippen molar-refractivity contribution in [2.75, 3.05) is 4.90 Å². The predicted octanol–water partition coefficient (Wildman–Crippen LogP) is 10.3. The number of hydrogen-bond acceptors (Lipinski definition) is 2. The van der Waals surface area contributed by atoms with Crippen molar-refractivity contribution < 1.29 is 0 Å². The Balaban J connectivity index is 1.55. The summed E-state index contributed by atoms with van der Waals surface area (Å²) >= 11 is 1.87. The smallest absolute Gasteiger partial charge is 0.0540 e. The zero-order chi connectivity index (χ0) is 23.9. The Morgan fingerprint density at radius 2 is 1.03 bits per heavy atom. The van der Waals surface area contributed by atoms with Gasteiger partial charge in [-0.15, -0.1) is 11.3 Å². The molecule has 2 heteroatoms. The van der Waals surface area contributed by atoms with E-state index in [1.807, 2.05) is 11.3 Å². The van der Waals surface area contributed by atoms with E-state index in [1.54, 1.807) is 0 Å². The lowest BCUT2D eigenvalue weighted by Crippen LogP contribution is -2.11. The molecular formula is C34H23NS. The van der Waals surface area contributed by atoms with Gasteiger partial charge in [0.25, 0.3) is 0 Å². The van der Waals surface area contributed by atoms with E-state index < -0.39 is 0 Å². The fourth-order valence-electron chi connectivity index (χ4n) is 5.28. The summed E-state index contributed by atoms with van der Waals surface area (Å²) in [4.78, 5) is 2.41. The van der Waals surface area contributed by atoms with Crippen LogP contribution in [0, 0.1) is 0 Å². The van der Waals surface area contributed by atoms with Crippen molar-refractivity contribution in [1.82, 2.24) is 0 Å². The van der Waals surface area contributed by atoms with Gasteiger partial charge in [0.15, 0.2) is 0 Å². The highest BCUT2D eigenvalue weighted by Gasteiger charge is 2.20. The number of anilines is 3. The number of fused-ring (bicyclic) bond motifs is 4. The van der Waals surface area contributed by atoms with Gasteiger partial charge in [-0.05, 0) is 47.3 Å². The number of nitrogens with zero attached hydrogens (tertiary/aromatic N) is 1. The minimum Gasteiger partial charge on any atom is -0.309 e. The molecular weight excluding hydrogens is 454 g/mol. The second-order valence-electron chi connectivity index (χ2n) is 8.96. The monoisotopic (exact) mass is 477 g/mol. The molecule has 0 unspecified atom stereocenters. The topological polar surface area (TPSA) is 3.24 Å². The minimum absolute atomic E-state index is 1.14. The van der Waals surface area contributed by atoms with Crippen molar-refractivity contribution in [2.24, 2.45) is 0 Å². The van der Waals surface area contributed by atoms with Crippen molar-refractivity contribution in [3.63, 3.8) is 0 Å². The SMILES string of the molecule is c1ccc(N(c2ccccc2-c2cccc3sc4ccccc4c23)c2cccc3ccccc23)cc1. The molecule has 1 nitrogen and oxygen atoms in total. The van der Waals surface area contributed by atoms with Crippen molar-refractivity contribution >= 4 is 59.3 Å². The molecule has 0 aliphatic heterocycles. The van der Waals surface area contributed by atoms with Crippen LogP contribution in [0.3, 0.4) is 0 Å². The van der Waals surface area contributed by atoms with Crippen LogP contribution in [0.4, 0.5) is 17.1 Å². The maximum absolute atomic E-state index is 2.41. The molecule has 0 fully saturated rings. The summed E-state index contributed by atoms with van der Waals surface area (Å²) in [7, 11) is 0. The Bertz CT molecular complexity index is 1840. The lowest BCUT2D eigenvalue weighted by atomic mass is 9.96. The lowest BCUT2D eigenvalue weighted by molar-refractivity contribution is 1.30. The van der Waals surface area contributed by atoms with E-state index in [2.05, 4.69) is 144 Å². The highest BCUT2D eigenvalue weighted by Crippen LogP contribution is 2.46. The van der Waals surface area contributed by atoms with Crippen LogP contribution < -0.4 is 4.90 Å². The standard InChI is InChI=1S/C34H23NS/c1-2-14-25(15-3-1)35(30-21-10-13-24-12-4-5-16-26(24)30)31-20-8-6-17-27(31)28-19-11-23-33-34(28)29-18-7-9-22-32(29)36-33/h1-23H. The summed E-state index contributed by atoms with van der Waals surface area (Å²) in [5.74, 6) is 0. The molecule has 0 atom stereocenters. The van der Waals surface area contributed by atoms with Gasteiger partial charge in [0.1, 0.15) is 0 Å². The van der Waals surface area contributed by atoms with Gasteiger partial charge in [-0.25, -0.2) is 0 Å². The van der Waals surface area contributed by atoms with Gasteiger partial charge in [0.2, 0.25) is 0 Å². The molecule has 1 heterocycles. The van der Waals surface area contributed by atoms with Gasteiger partial charge in [-0.1, -0.05) is 103 Å². The molecule has 170 valence electrons. The number of benzene rings is 6. The molecule has 0 saturated carbocycles. The molecule has 0 radical (unpaired) electrons. The van der Waals surface area contributed by atoms with Crippen LogP contribution in [0.5, 0.6) is 0 Å². The third kappa shape index (κ3) is 3.38. The summed E-state index contributed by atoms with van der Waals surface area (Å²) < 4.78 is 2.64. The van der Waals surface area contributed by atoms with E-state index in [1.165, 1.54) is 53.4 Å². The maximum atomic E-state index is 2.41.